The fourth-order valence-electron chi connectivity index (χ4n) is 2.77. The van der Waals surface area contributed by atoms with Crippen LogP contribution in [0, 0.1) is 0 Å². The van der Waals surface area contributed by atoms with Crippen LogP contribution in [-0.4, -0.2) is 40.1 Å². The molecule has 5 heteroatoms. The number of aliphatic hydroxyl groups excluding tert-OH is 1. The Balaban J connectivity index is 2.04. The summed E-state index contributed by atoms with van der Waals surface area (Å²) in [6.07, 6.45) is 3.12. The van der Waals surface area contributed by atoms with Crippen molar-refractivity contribution in [3.8, 4) is 0 Å². The molecule has 0 radical (unpaired) electrons. The molecule has 2 heterocycles. The predicted octanol–water partition coefficient (Wildman–Crippen LogP) is 1.12. The summed E-state index contributed by atoms with van der Waals surface area (Å²) in [5.74, 6) is -0.298. The van der Waals surface area contributed by atoms with Crippen LogP contribution >= 0.6 is 0 Å². The maximum absolute atomic E-state index is 12.5. The van der Waals surface area contributed by atoms with Gasteiger partial charge in [0.25, 0.3) is 5.91 Å². The first kappa shape index (κ1) is 12.9. The largest absolute Gasteiger partial charge is 0.394 e. The zero-order chi connectivity index (χ0) is 14.1. The van der Waals surface area contributed by atoms with E-state index >= 15 is 0 Å². The molecule has 2 N–H and O–H groups in total. The van der Waals surface area contributed by atoms with Crippen molar-refractivity contribution in [2.45, 2.75) is 18.9 Å². The molecule has 1 aliphatic heterocycles. The van der Waals surface area contributed by atoms with Crippen LogP contribution in [0.2, 0.25) is 0 Å². The molecule has 5 nitrogen and oxygen atoms in total. The van der Waals surface area contributed by atoms with Crippen molar-refractivity contribution in [1.29, 1.82) is 0 Å². The van der Waals surface area contributed by atoms with E-state index in [1.807, 2.05) is 6.07 Å². The number of fused-ring (bicyclic) bond motifs is 1. The van der Waals surface area contributed by atoms with E-state index in [4.69, 9.17) is 0 Å². The highest BCUT2D eigenvalue weighted by Crippen LogP contribution is 2.19. The molecule has 1 atom stereocenters. The normalized spacial score (nSPS) is 18.6. The van der Waals surface area contributed by atoms with Crippen LogP contribution in [0.1, 0.15) is 23.2 Å². The van der Waals surface area contributed by atoms with Gasteiger partial charge in [0.2, 0.25) is 5.43 Å². The van der Waals surface area contributed by atoms with Gasteiger partial charge in [0.1, 0.15) is 5.56 Å². The number of carbonyl (C=O) groups excluding carboxylic acids is 1. The number of nitrogens with one attached hydrogen (secondary N) is 1. The molecule has 1 aromatic carbocycles. The second kappa shape index (κ2) is 5.09. The van der Waals surface area contributed by atoms with Crippen molar-refractivity contribution in [1.82, 2.24) is 9.88 Å². The van der Waals surface area contributed by atoms with Crippen LogP contribution in [0.4, 0.5) is 0 Å². The quantitative estimate of drug-likeness (QED) is 0.860. The number of H-pyrrole nitrogens is 1. The van der Waals surface area contributed by atoms with Crippen molar-refractivity contribution in [2.75, 3.05) is 13.2 Å². The number of nitrogens with zero attached hydrogens (tertiary/aromatic N) is 1. The van der Waals surface area contributed by atoms with Crippen LogP contribution in [-0.2, 0) is 0 Å². The predicted molar refractivity (Wildman–Crippen MR) is 75.7 cm³/mol. The standard InChI is InChI=1S/C15H16N2O3/c18-9-10-4-3-7-17(10)15(20)12-8-16-13-6-2-1-5-11(13)14(12)19/h1-2,5-6,8,10,18H,3-4,7,9H2,(H,16,19)/t10-/m1/s1. The number of rotatable bonds is 2. The average molecular weight is 272 g/mol. The number of carbonyl (C=O) groups is 1. The second-order valence-corrected chi connectivity index (χ2v) is 5.05. The number of hydrogen-bond acceptors (Lipinski definition) is 3. The minimum atomic E-state index is -0.298. The summed E-state index contributed by atoms with van der Waals surface area (Å²) in [5.41, 5.74) is 0.603. The van der Waals surface area contributed by atoms with E-state index in [-0.39, 0.29) is 29.5 Å². The summed E-state index contributed by atoms with van der Waals surface area (Å²) < 4.78 is 0. The second-order valence-electron chi connectivity index (χ2n) is 5.05. The van der Waals surface area contributed by atoms with E-state index in [9.17, 15) is 14.7 Å². The molecule has 3 rings (SSSR count). The molecule has 2 aromatic rings. The number of aromatic nitrogens is 1. The highest BCUT2D eigenvalue weighted by Gasteiger charge is 2.30. The third kappa shape index (κ3) is 2.00. The third-order valence-electron chi connectivity index (χ3n) is 3.87. The number of pyridine rings is 1. The smallest absolute Gasteiger partial charge is 0.259 e. The Labute approximate surface area is 115 Å². The van der Waals surface area contributed by atoms with Gasteiger partial charge in [-0.3, -0.25) is 9.59 Å². The minimum absolute atomic E-state index is 0.0583. The lowest BCUT2D eigenvalue weighted by molar-refractivity contribution is 0.0676. The maximum atomic E-state index is 12.5. The van der Waals surface area contributed by atoms with Gasteiger partial charge in [-0.25, -0.2) is 0 Å². The van der Waals surface area contributed by atoms with Gasteiger partial charge in [0.15, 0.2) is 0 Å². The minimum Gasteiger partial charge on any atom is -0.394 e. The lowest BCUT2D eigenvalue weighted by Crippen LogP contribution is -2.39. The van der Waals surface area contributed by atoms with E-state index in [0.29, 0.717) is 17.4 Å². The van der Waals surface area contributed by atoms with Crippen LogP contribution in [0.15, 0.2) is 35.3 Å². The molecule has 1 fully saturated rings. The highest BCUT2D eigenvalue weighted by molar-refractivity contribution is 5.97. The zero-order valence-corrected chi connectivity index (χ0v) is 11.0. The van der Waals surface area contributed by atoms with Gasteiger partial charge in [-0.1, -0.05) is 12.1 Å². The van der Waals surface area contributed by atoms with Crippen LogP contribution in [0.25, 0.3) is 10.9 Å². The highest BCUT2D eigenvalue weighted by atomic mass is 16.3. The summed E-state index contributed by atoms with van der Waals surface area (Å²) in [4.78, 5) is 29.5. The Hall–Kier alpha value is -2.14. The lowest BCUT2D eigenvalue weighted by atomic mass is 10.1. The van der Waals surface area contributed by atoms with E-state index < -0.39 is 0 Å². The van der Waals surface area contributed by atoms with Crippen molar-refractivity contribution >= 4 is 16.8 Å². The Morgan fingerprint density at radius 3 is 3.00 bits per heavy atom. The van der Waals surface area contributed by atoms with Crippen LogP contribution in [0.3, 0.4) is 0 Å². The fraction of sp³-hybridized carbons (Fsp3) is 0.333. The van der Waals surface area contributed by atoms with Gasteiger partial charge >= 0.3 is 0 Å². The lowest BCUT2D eigenvalue weighted by Gasteiger charge is -2.22. The molecule has 1 aliphatic rings. The molecule has 0 saturated carbocycles. The molecule has 0 unspecified atom stereocenters. The van der Waals surface area contributed by atoms with Gasteiger partial charge in [0.05, 0.1) is 12.6 Å². The third-order valence-corrected chi connectivity index (χ3v) is 3.87. The zero-order valence-electron chi connectivity index (χ0n) is 11.0. The molecule has 0 bridgehead atoms. The van der Waals surface area contributed by atoms with Gasteiger partial charge < -0.3 is 15.0 Å². The Morgan fingerprint density at radius 2 is 2.20 bits per heavy atom. The Kier molecular flexibility index (Phi) is 3.28. The summed E-state index contributed by atoms with van der Waals surface area (Å²) in [5, 5.41) is 9.81. The van der Waals surface area contributed by atoms with Crippen LogP contribution < -0.4 is 5.43 Å². The van der Waals surface area contributed by atoms with Crippen molar-refractivity contribution in [3.05, 3.63) is 46.2 Å². The van der Waals surface area contributed by atoms with Gasteiger partial charge in [-0.2, -0.15) is 0 Å². The number of aromatic amines is 1. The summed E-state index contributed by atoms with van der Waals surface area (Å²) >= 11 is 0. The number of para-hydroxylation sites is 1. The molecular weight excluding hydrogens is 256 g/mol. The van der Waals surface area contributed by atoms with E-state index in [1.54, 1.807) is 23.1 Å². The monoisotopic (exact) mass is 272 g/mol. The van der Waals surface area contributed by atoms with E-state index in [2.05, 4.69) is 4.98 Å². The first-order valence-electron chi connectivity index (χ1n) is 6.74. The SMILES string of the molecule is O=C(c1c[nH]c2ccccc2c1=O)N1CCC[C@@H]1CO. The first-order chi connectivity index (χ1) is 9.72. The molecule has 1 saturated heterocycles. The molecule has 1 amide bonds. The number of likely N-dealkylation sites (tertiary alicyclic amines) is 1. The van der Waals surface area contributed by atoms with E-state index in [0.717, 1.165) is 12.8 Å². The summed E-state index contributed by atoms with van der Waals surface area (Å²) in [7, 11) is 0. The summed E-state index contributed by atoms with van der Waals surface area (Å²) in [6, 6.07) is 6.95. The van der Waals surface area contributed by atoms with Crippen molar-refractivity contribution < 1.29 is 9.90 Å². The van der Waals surface area contributed by atoms with Crippen LogP contribution in [0.5, 0.6) is 0 Å². The number of benzene rings is 1. The molecule has 0 aliphatic carbocycles. The Morgan fingerprint density at radius 1 is 1.40 bits per heavy atom. The molecule has 20 heavy (non-hydrogen) atoms. The topological polar surface area (TPSA) is 73.4 Å². The van der Waals surface area contributed by atoms with Crippen molar-refractivity contribution in [2.24, 2.45) is 0 Å². The number of hydrogen-bond donors (Lipinski definition) is 2. The van der Waals surface area contributed by atoms with Crippen molar-refractivity contribution in [3.63, 3.8) is 0 Å². The summed E-state index contributed by atoms with van der Waals surface area (Å²) in [6.45, 7) is 0.535. The average Bonchev–Trinajstić information content (AvgIpc) is 2.96. The van der Waals surface area contributed by atoms with Gasteiger partial charge in [0, 0.05) is 23.6 Å². The van der Waals surface area contributed by atoms with Gasteiger partial charge in [-0.15, -0.1) is 0 Å². The molecule has 104 valence electrons. The van der Waals surface area contributed by atoms with E-state index in [1.165, 1.54) is 6.20 Å². The van der Waals surface area contributed by atoms with Gasteiger partial charge in [-0.05, 0) is 25.0 Å². The Bertz CT molecular complexity index is 708. The number of amides is 1. The fourth-order valence-corrected chi connectivity index (χ4v) is 2.77. The molecular formula is C15H16N2O3. The molecule has 1 aromatic heterocycles. The number of aliphatic hydroxyl groups is 1. The molecule has 0 spiro atoms. The maximum Gasteiger partial charge on any atom is 0.259 e. The first-order valence-corrected chi connectivity index (χ1v) is 6.74.